The third kappa shape index (κ3) is 1.98. The second-order valence-electron chi connectivity index (χ2n) is 6.72. The smallest absolute Gasteiger partial charge is 0.160 e. The largest absolute Gasteiger partial charge is 0.504 e. The Labute approximate surface area is 110 Å². The topological polar surface area (TPSA) is 29.5 Å². The lowest BCUT2D eigenvalue weighted by molar-refractivity contribution is -0.0929. The fraction of sp³-hybridized carbons (Fsp3) is 0.625. The number of aromatic hydroxyl groups is 1. The summed E-state index contributed by atoms with van der Waals surface area (Å²) in [5, 5.41) is 9.60. The molecule has 1 atom stereocenters. The summed E-state index contributed by atoms with van der Waals surface area (Å²) in [6, 6.07) is 5.68. The summed E-state index contributed by atoms with van der Waals surface area (Å²) < 4.78 is 5.16. The van der Waals surface area contributed by atoms with Crippen molar-refractivity contribution in [2.24, 2.45) is 16.7 Å². The van der Waals surface area contributed by atoms with Crippen LogP contribution in [0.3, 0.4) is 0 Å². The summed E-state index contributed by atoms with van der Waals surface area (Å²) in [5.74, 6) is 1.50. The van der Waals surface area contributed by atoms with E-state index in [-0.39, 0.29) is 5.75 Å². The molecule has 1 N–H and O–H groups in total. The Kier molecular flexibility index (Phi) is 3.08. The number of benzene rings is 1. The van der Waals surface area contributed by atoms with Gasteiger partial charge < -0.3 is 9.84 Å². The lowest BCUT2D eigenvalue weighted by atomic mass is 9.46. The van der Waals surface area contributed by atoms with Crippen molar-refractivity contribution in [3.05, 3.63) is 23.8 Å². The predicted octanol–water partition coefficient (Wildman–Crippen LogP) is 4.02. The molecule has 2 heteroatoms. The van der Waals surface area contributed by atoms with Gasteiger partial charge in [0, 0.05) is 0 Å². The molecule has 0 saturated heterocycles. The molecule has 1 saturated carbocycles. The maximum Gasteiger partial charge on any atom is 0.160 e. The predicted molar refractivity (Wildman–Crippen MR) is 74.0 cm³/mol. The third-order valence-electron chi connectivity index (χ3n) is 5.25. The lowest BCUT2D eigenvalue weighted by Gasteiger charge is -2.59. The van der Waals surface area contributed by atoms with E-state index in [9.17, 15) is 5.11 Å². The Balaban J connectivity index is 2.12. The minimum absolute atomic E-state index is 0.217. The maximum atomic E-state index is 9.60. The van der Waals surface area contributed by atoms with Crippen molar-refractivity contribution >= 4 is 0 Å². The molecule has 100 valence electrons. The van der Waals surface area contributed by atoms with E-state index in [0.717, 1.165) is 6.42 Å². The van der Waals surface area contributed by atoms with E-state index in [1.54, 1.807) is 13.2 Å². The normalized spacial score (nSPS) is 24.4. The summed E-state index contributed by atoms with van der Waals surface area (Å²) in [4.78, 5) is 0. The average molecular weight is 248 g/mol. The molecule has 0 aromatic heterocycles. The van der Waals surface area contributed by atoms with Crippen molar-refractivity contribution in [2.45, 2.75) is 40.5 Å². The van der Waals surface area contributed by atoms with Crippen LogP contribution in [-0.4, -0.2) is 12.2 Å². The molecule has 1 unspecified atom stereocenters. The minimum atomic E-state index is 0.217. The highest BCUT2D eigenvalue weighted by atomic mass is 16.5. The lowest BCUT2D eigenvalue weighted by Crippen LogP contribution is -2.52. The molecular weight excluding hydrogens is 224 g/mol. The molecule has 2 rings (SSSR count). The van der Waals surface area contributed by atoms with Crippen LogP contribution in [-0.2, 0) is 6.42 Å². The maximum absolute atomic E-state index is 9.60. The van der Waals surface area contributed by atoms with Gasteiger partial charge in [0.2, 0.25) is 0 Å². The summed E-state index contributed by atoms with van der Waals surface area (Å²) in [7, 11) is 1.59. The quantitative estimate of drug-likeness (QED) is 0.875. The van der Waals surface area contributed by atoms with Crippen molar-refractivity contribution < 1.29 is 9.84 Å². The van der Waals surface area contributed by atoms with Crippen LogP contribution >= 0.6 is 0 Å². The van der Waals surface area contributed by atoms with Crippen molar-refractivity contribution in [3.8, 4) is 11.5 Å². The van der Waals surface area contributed by atoms with Gasteiger partial charge in [0.15, 0.2) is 11.5 Å². The van der Waals surface area contributed by atoms with Crippen LogP contribution in [0.5, 0.6) is 11.5 Å². The van der Waals surface area contributed by atoms with Gasteiger partial charge in [-0.05, 0) is 47.3 Å². The fourth-order valence-corrected chi connectivity index (χ4v) is 3.02. The molecule has 0 bridgehead atoms. The summed E-state index contributed by atoms with van der Waals surface area (Å²) in [6.07, 6.45) is 2.33. The number of phenols is 1. The number of hydrogen-bond donors (Lipinski definition) is 1. The second-order valence-corrected chi connectivity index (χ2v) is 6.72. The van der Waals surface area contributed by atoms with Crippen molar-refractivity contribution in [2.75, 3.05) is 7.11 Å². The van der Waals surface area contributed by atoms with Gasteiger partial charge in [-0.15, -0.1) is 0 Å². The van der Waals surface area contributed by atoms with E-state index in [0.29, 0.717) is 22.5 Å². The van der Waals surface area contributed by atoms with E-state index in [1.807, 2.05) is 12.1 Å². The Hall–Kier alpha value is -1.18. The number of methoxy groups -OCH3 is 1. The molecule has 1 fully saturated rings. The first-order chi connectivity index (χ1) is 8.28. The molecule has 1 aromatic rings. The van der Waals surface area contributed by atoms with Crippen LogP contribution < -0.4 is 4.74 Å². The van der Waals surface area contributed by atoms with Crippen LogP contribution in [0.4, 0.5) is 0 Å². The van der Waals surface area contributed by atoms with E-state index < -0.39 is 0 Å². The average Bonchev–Trinajstić information content (AvgIpc) is 2.30. The molecule has 0 heterocycles. The Bertz CT molecular complexity index is 446. The summed E-state index contributed by atoms with van der Waals surface area (Å²) in [6.45, 7) is 9.42. The molecule has 1 aromatic carbocycles. The molecule has 2 nitrogen and oxygen atoms in total. The first kappa shape index (κ1) is 13.3. The van der Waals surface area contributed by atoms with Gasteiger partial charge >= 0.3 is 0 Å². The van der Waals surface area contributed by atoms with Gasteiger partial charge in [-0.3, -0.25) is 0 Å². The highest BCUT2D eigenvalue weighted by molar-refractivity contribution is 5.42. The van der Waals surface area contributed by atoms with Gasteiger partial charge in [-0.2, -0.15) is 0 Å². The zero-order chi connectivity index (χ0) is 13.6. The number of rotatable bonds is 3. The zero-order valence-corrected chi connectivity index (χ0v) is 12.1. The third-order valence-corrected chi connectivity index (χ3v) is 5.25. The summed E-state index contributed by atoms with van der Waals surface area (Å²) in [5.41, 5.74) is 2.05. The van der Waals surface area contributed by atoms with Crippen LogP contribution in [0.2, 0.25) is 0 Å². The molecule has 18 heavy (non-hydrogen) atoms. The van der Waals surface area contributed by atoms with Crippen LogP contribution in [0.25, 0.3) is 0 Å². The molecule has 1 aliphatic rings. The molecule has 1 aliphatic carbocycles. The Morgan fingerprint density at radius 3 is 2.44 bits per heavy atom. The fourth-order valence-electron chi connectivity index (χ4n) is 3.02. The summed E-state index contributed by atoms with van der Waals surface area (Å²) >= 11 is 0. The molecule has 0 amide bonds. The van der Waals surface area contributed by atoms with Gasteiger partial charge in [0.05, 0.1) is 7.11 Å². The molecular formula is C16H24O2. The van der Waals surface area contributed by atoms with Gasteiger partial charge in [0.25, 0.3) is 0 Å². The number of phenolic OH excluding ortho intramolecular Hbond substituents is 1. The zero-order valence-electron chi connectivity index (χ0n) is 12.1. The van der Waals surface area contributed by atoms with Crippen molar-refractivity contribution in [1.29, 1.82) is 0 Å². The molecule has 0 spiro atoms. The van der Waals surface area contributed by atoms with E-state index in [4.69, 9.17) is 4.74 Å². The first-order valence-corrected chi connectivity index (χ1v) is 6.64. The van der Waals surface area contributed by atoms with Crippen LogP contribution in [0, 0.1) is 16.7 Å². The minimum Gasteiger partial charge on any atom is -0.504 e. The second kappa shape index (κ2) is 4.18. The Morgan fingerprint density at radius 2 is 1.94 bits per heavy atom. The highest BCUT2D eigenvalue weighted by Gasteiger charge is 2.53. The number of hydrogen-bond acceptors (Lipinski definition) is 2. The SMILES string of the molecule is COc1cc(CC2CC(C)(C)C2(C)C)ccc1O. The molecule has 0 radical (unpaired) electrons. The van der Waals surface area contributed by atoms with E-state index >= 15 is 0 Å². The molecule has 0 aliphatic heterocycles. The monoisotopic (exact) mass is 248 g/mol. The van der Waals surface area contributed by atoms with Crippen LogP contribution in [0.15, 0.2) is 18.2 Å². The van der Waals surface area contributed by atoms with E-state index in [2.05, 4.69) is 27.7 Å². The van der Waals surface area contributed by atoms with Crippen LogP contribution in [0.1, 0.15) is 39.7 Å². The van der Waals surface area contributed by atoms with E-state index in [1.165, 1.54) is 12.0 Å². The van der Waals surface area contributed by atoms with Gasteiger partial charge in [0.1, 0.15) is 0 Å². The highest BCUT2D eigenvalue weighted by Crippen LogP contribution is 2.60. The van der Waals surface area contributed by atoms with Crippen molar-refractivity contribution in [3.63, 3.8) is 0 Å². The van der Waals surface area contributed by atoms with Crippen molar-refractivity contribution in [1.82, 2.24) is 0 Å². The first-order valence-electron chi connectivity index (χ1n) is 6.64. The van der Waals surface area contributed by atoms with Gasteiger partial charge in [-0.25, -0.2) is 0 Å². The Morgan fingerprint density at radius 1 is 1.28 bits per heavy atom. The standard InChI is InChI=1S/C16H24O2/c1-15(2)10-12(16(15,3)4)8-11-6-7-13(17)14(9-11)18-5/h6-7,9,12,17H,8,10H2,1-5H3. The number of ether oxygens (including phenoxy) is 1. The van der Waals surface area contributed by atoms with Gasteiger partial charge in [-0.1, -0.05) is 33.8 Å².